The number of aryl methyl sites for hydroxylation is 1. The number of terminal acetylenes is 1. The summed E-state index contributed by atoms with van der Waals surface area (Å²) >= 11 is 1.56. The second-order valence-corrected chi connectivity index (χ2v) is 23.6. The molecule has 0 radical (unpaired) electrons. The minimum absolute atomic E-state index is 0.000906. The van der Waals surface area contributed by atoms with Crippen LogP contribution >= 0.6 is 11.3 Å². The van der Waals surface area contributed by atoms with Gasteiger partial charge in [-0.2, -0.15) is 9.97 Å². The molecule has 3 aromatic carbocycles. The van der Waals surface area contributed by atoms with Crippen LogP contribution in [0.15, 0.2) is 60.2 Å². The molecule has 4 amide bonds. The van der Waals surface area contributed by atoms with Gasteiger partial charge in [-0.3, -0.25) is 29.1 Å². The highest BCUT2D eigenvalue weighted by Crippen LogP contribution is 2.40. The van der Waals surface area contributed by atoms with Crippen molar-refractivity contribution in [2.45, 2.75) is 116 Å². The van der Waals surface area contributed by atoms with Crippen LogP contribution in [-0.4, -0.2) is 158 Å². The number of β-amino-alcohol motifs (C(OH)–C–C–N with tert-alkyl or cyclic N) is 1. The van der Waals surface area contributed by atoms with Gasteiger partial charge in [0, 0.05) is 107 Å². The molecule has 3 unspecified atom stereocenters. The highest BCUT2D eigenvalue weighted by molar-refractivity contribution is 7.13. The van der Waals surface area contributed by atoms with E-state index in [1.54, 1.807) is 11.3 Å². The van der Waals surface area contributed by atoms with Crippen LogP contribution in [-0.2, 0) is 25.7 Å². The molecule has 81 heavy (non-hydrogen) atoms. The summed E-state index contributed by atoms with van der Waals surface area (Å²) in [6.45, 7) is 12.4. The first kappa shape index (κ1) is 56.9. The minimum Gasteiger partial charge on any atom is -0.508 e. The lowest BCUT2D eigenvalue weighted by Gasteiger charge is -2.35. The average Bonchev–Trinajstić information content (AvgIpc) is 4.23. The number of carbonyl (C=O) groups excluding carboxylic acids is 4. The second kappa shape index (κ2) is 24.4. The van der Waals surface area contributed by atoms with Crippen molar-refractivity contribution in [3.63, 3.8) is 0 Å². The zero-order valence-corrected chi connectivity index (χ0v) is 47.0. The van der Waals surface area contributed by atoms with Gasteiger partial charge in [0.2, 0.25) is 23.6 Å². The molecule has 3 aromatic heterocycles. The Labute approximate surface area is 473 Å². The maximum absolute atomic E-state index is 17.0. The number of ether oxygens (including phenoxy) is 1. The van der Waals surface area contributed by atoms with Gasteiger partial charge in [-0.05, 0) is 79.2 Å². The van der Waals surface area contributed by atoms with Crippen molar-refractivity contribution in [2.24, 2.45) is 5.41 Å². The van der Waals surface area contributed by atoms with E-state index in [9.17, 15) is 29.4 Å². The molecule has 7 heterocycles. The van der Waals surface area contributed by atoms with E-state index in [1.807, 2.05) is 62.4 Å². The monoisotopic (exact) mass is 1130 g/mol. The van der Waals surface area contributed by atoms with E-state index >= 15 is 8.78 Å². The number of likely N-dealkylation sites (tertiary alicyclic amines) is 1. The number of carbonyl (C=O) groups is 4. The maximum Gasteiger partial charge on any atom is 0.319 e. The van der Waals surface area contributed by atoms with Gasteiger partial charge in [-0.1, -0.05) is 57.0 Å². The van der Waals surface area contributed by atoms with E-state index in [1.165, 1.54) is 35.4 Å². The zero-order chi connectivity index (χ0) is 57.1. The Bertz CT molecular complexity index is 3370. The number of aromatic hydroxyl groups is 1. The number of pyridine rings is 1. The molecule has 2 bridgehead atoms. The largest absolute Gasteiger partial charge is 0.508 e. The van der Waals surface area contributed by atoms with Gasteiger partial charge in [0.15, 0.2) is 5.82 Å². The zero-order valence-electron chi connectivity index (χ0n) is 46.1. The number of nitrogens with one attached hydrogen (secondary N) is 3. The number of unbranched alkanes of at least 4 members (excludes halogenated alkanes) is 1. The van der Waals surface area contributed by atoms with E-state index in [4.69, 9.17) is 16.1 Å². The molecule has 5 atom stereocenters. The highest BCUT2D eigenvalue weighted by atomic mass is 32.1. The number of rotatable bonds is 18. The molecular formula is C60H69F2N11O7S. The normalized spacial score (nSPS) is 19.7. The number of phenolic OH excluding ortho intramolecular Hbond substituents is 1. The van der Waals surface area contributed by atoms with Crippen molar-refractivity contribution in [1.29, 1.82) is 0 Å². The van der Waals surface area contributed by atoms with Crippen LogP contribution in [0.3, 0.4) is 0 Å². The summed E-state index contributed by atoms with van der Waals surface area (Å²) in [6, 6.07) is 11.9. The molecule has 4 aliphatic heterocycles. The van der Waals surface area contributed by atoms with Crippen molar-refractivity contribution in [2.75, 3.05) is 63.9 Å². The number of hydrogen-bond donors (Lipinski definition) is 5. The SMILES string of the molecule is C#Cc1c(F)ccc2cc(O)cc(-c3ncc4c(N5CC6CCC(C5)N6)nc(OCCCN5CCN(C(=O)CCCCC(=O)NC(C(=O)N6C[C@H](O)C[C@H]6C(=O)NCc6ccc(-c7scnc7C)cc6)C(C)(C)C)CC5)nc4c3F)c12. The smallest absolute Gasteiger partial charge is 0.319 e. The van der Waals surface area contributed by atoms with Gasteiger partial charge in [-0.15, -0.1) is 17.8 Å². The highest BCUT2D eigenvalue weighted by Gasteiger charge is 2.44. The molecule has 0 saturated carbocycles. The molecule has 18 nitrogen and oxygen atoms in total. The van der Waals surface area contributed by atoms with Gasteiger partial charge in [0.05, 0.1) is 39.7 Å². The molecule has 6 aromatic rings. The maximum atomic E-state index is 17.0. The molecule has 426 valence electrons. The summed E-state index contributed by atoms with van der Waals surface area (Å²) < 4.78 is 38.2. The number of halogens is 2. The van der Waals surface area contributed by atoms with Crippen LogP contribution in [0.5, 0.6) is 11.8 Å². The molecule has 5 N–H and O–H groups in total. The predicted octanol–water partition coefficient (Wildman–Crippen LogP) is 6.47. The van der Waals surface area contributed by atoms with Crippen molar-refractivity contribution < 1.29 is 42.9 Å². The summed E-state index contributed by atoms with van der Waals surface area (Å²) in [5.74, 6) is 0.137. The third-order valence-electron chi connectivity index (χ3n) is 15.9. The number of thiazole rings is 1. The van der Waals surface area contributed by atoms with Crippen LogP contribution < -0.4 is 25.6 Å². The lowest BCUT2D eigenvalue weighted by molar-refractivity contribution is -0.144. The molecule has 0 aliphatic carbocycles. The lowest BCUT2D eigenvalue weighted by atomic mass is 9.85. The molecule has 10 rings (SSSR count). The number of fused-ring (bicyclic) bond motifs is 4. The summed E-state index contributed by atoms with van der Waals surface area (Å²) in [5.41, 5.74) is 3.85. The van der Waals surface area contributed by atoms with Crippen molar-refractivity contribution in [3.05, 3.63) is 88.7 Å². The third-order valence-corrected chi connectivity index (χ3v) is 16.9. The number of nitrogens with zero attached hydrogens (tertiary/aromatic N) is 8. The summed E-state index contributed by atoms with van der Waals surface area (Å²) in [6.07, 6.45) is 10.4. The minimum atomic E-state index is -0.954. The molecule has 21 heteroatoms. The number of phenols is 1. The van der Waals surface area contributed by atoms with E-state index in [2.05, 4.69) is 46.6 Å². The third kappa shape index (κ3) is 12.7. The summed E-state index contributed by atoms with van der Waals surface area (Å²) in [5, 5.41) is 31.8. The van der Waals surface area contributed by atoms with E-state index < -0.39 is 41.1 Å². The standard InChI is InChI=1S/C60H69F2N11O7S/c1-6-43-46(61)19-16-38-26-41(74)27-44(50(38)43)52-51(62)53-45(30-63-52)56(72-31-39-17-18-40(32-72)66-39)69-59(68-53)80-25-9-20-70-21-23-71(24-22-70)49(77)11-8-7-10-48(76)67-55(60(3,4)5)58(79)73-33-42(75)28-47(73)57(78)64-29-36-12-14-37(15-13-36)54-35(2)65-34-81-54/h1,12-16,19,26-27,30,34,39-40,42,47,55,66,74-75H,7-11,17-18,20-25,28-29,31-33H2,2-5H3,(H,64,78)(H,67,76)/t39?,40?,42-,47+,55?/m1/s1. The Morgan fingerprint density at radius 1 is 0.951 bits per heavy atom. The van der Waals surface area contributed by atoms with E-state index in [-0.39, 0.29) is 108 Å². The quantitative estimate of drug-likeness (QED) is 0.0461. The molecule has 4 fully saturated rings. The number of amides is 4. The van der Waals surface area contributed by atoms with Crippen LogP contribution in [0.4, 0.5) is 14.6 Å². The van der Waals surface area contributed by atoms with Crippen molar-refractivity contribution in [1.82, 2.24) is 50.6 Å². The number of benzene rings is 3. The first-order valence-corrected chi connectivity index (χ1v) is 28.8. The fourth-order valence-electron chi connectivity index (χ4n) is 11.6. The van der Waals surface area contributed by atoms with Crippen molar-refractivity contribution >= 4 is 62.5 Å². The number of aromatic nitrogens is 4. The average molecular weight is 1130 g/mol. The summed E-state index contributed by atoms with van der Waals surface area (Å²) in [4.78, 5) is 81.3. The number of piperazine rings is 2. The Hall–Kier alpha value is -7.38. The van der Waals surface area contributed by atoms with Crippen LogP contribution in [0, 0.1) is 36.3 Å². The Balaban J connectivity index is 0.686. The van der Waals surface area contributed by atoms with Crippen LogP contribution in [0.1, 0.15) is 89.0 Å². The Morgan fingerprint density at radius 3 is 2.40 bits per heavy atom. The van der Waals surface area contributed by atoms with Gasteiger partial charge in [-0.25, -0.2) is 13.8 Å². The number of hydrogen-bond acceptors (Lipinski definition) is 15. The van der Waals surface area contributed by atoms with E-state index in [0.717, 1.165) is 34.5 Å². The van der Waals surface area contributed by atoms with Crippen LogP contribution in [0.25, 0.3) is 43.4 Å². The number of aliphatic hydroxyl groups is 1. The van der Waals surface area contributed by atoms with Gasteiger partial charge < -0.3 is 45.6 Å². The molecule has 0 spiro atoms. The molecule has 4 saturated heterocycles. The summed E-state index contributed by atoms with van der Waals surface area (Å²) in [7, 11) is 0. The molecular weight excluding hydrogens is 1060 g/mol. The van der Waals surface area contributed by atoms with Gasteiger partial charge >= 0.3 is 6.01 Å². The first-order valence-electron chi connectivity index (χ1n) is 27.9. The van der Waals surface area contributed by atoms with Crippen molar-refractivity contribution in [3.8, 4) is 45.8 Å². The first-order chi connectivity index (χ1) is 38.9. The lowest BCUT2D eigenvalue weighted by Crippen LogP contribution is -2.57. The number of anilines is 1. The van der Waals surface area contributed by atoms with E-state index in [0.29, 0.717) is 81.7 Å². The van der Waals surface area contributed by atoms with Crippen LogP contribution in [0.2, 0.25) is 0 Å². The fraction of sp³-hybridized carbons (Fsp3) is 0.467. The Morgan fingerprint density at radius 2 is 1.69 bits per heavy atom. The number of aliphatic hydroxyl groups excluding tert-OH is 1. The second-order valence-electron chi connectivity index (χ2n) is 22.8. The predicted molar refractivity (Wildman–Crippen MR) is 305 cm³/mol. The Kier molecular flexibility index (Phi) is 17.1. The van der Waals surface area contributed by atoms with Gasteiger partial charge in [0.1, 0.15) is 40.7 Å². The van der Waals surface area contributed by atoms with Gasteiger partial charge in [0.25, 0.3) is 0 Å². The molecule has 4 aliphatic rings. The topological polar surface area (TPSA) is 219 Å². The fourth-order valence-corrected chi connectivity index (χ4v) is 12.5.